The third kappa shape index (κ3) is 2.46. The average molecular weight is 247 g/mol. The molecule has 0 saturated carbocycles. The maximum absolute atomic E-state index is 12.6. The molecule has 2 atom stereocenters. The van der Waals surface area contributed by atoms with Gasteiger partial charge in [-0.2, -0.15) is 0 Å². The van der Waals surface area contributed by atoms with Gasteiger partial charge in [0.25, 0.3) is 0 Å². The Kier molecular flexibility index (Phi) is 4.12. The first-order valence-corrected chi connectivity index (χ1v) is 6.74. The molecule has 0 aliphatic heterocycles. The number of aryl methyl sites for hydroxylation is 1. The Balaban J connectivity index is 2.20. The number of ketones is 1. The highest BCUT2D eigenvalue weighted by Gasteiger charge is 2.35. The van der Waals surface area contributed by atoms with E-state index in [-0.39, 0.29) is 23.7 Å². The van der Waals surface area contributed by atoms with Crippen LogP contribution in [0.25, 0.3) is 0 Å². The van der Waals surface area contributed by atoms with Crippen LogP contribution in [0, 0.1) is 5.92 Å². The normalized spacial score (nSPS) is 19.9. The molecule has 0 fully saturated rings. The molecular formula is C15H21NO2. The number of pyridine rings is 1. The predicted octanol–water partition coefficient (Wildman–Crippen LogP) is 2.74. The maximum Gasteiger partial charge on any atom is 0.170 e. The van der Waals surface area contributed by atoms with Crippen molar-refractivity contribution in [2.75, 3.05) is 6.61 Å². The number of carbonyl (C=O) groups excluding carboxylic acids is 1. The quantitative estimate of drug-likeness (QED) is 0.803. The van der Waals surface area contributed by atoms with Crippen molar-refractivity contribution in [1.82, 2.24) is 4.98 Å². The number of nitrogens with zero attached hydrogens (tertiary/aromatic N) is 1. The predicted molar refractivity (Wildman–Crippen MR) is 70.6 cm³/mol. The summed E-state index contributed by atoms with van der Waals surface area (Å²) in [5, 5.41) is 0. The number of Topliss-reactive ketones (excluding diaryl/α,β-unsaturated/α-hetero) is 1. The lowest BCUT2D eigenvalue weighted by atomic mass is 9.91. The van der Waals surface area contributed by atoms with E-state index in [2.05, 4.69) is 11.1 Å². The molecule has 0 N–H and O–H groups in total. The summed E-state index contributed by atoms with van der Waals surface area (Å²) in [4.78, 5) is 17.0. The van der Waals surface area contributed by atoms with Crippen molar-refractivity contribution in [2.24, 2.45) is 5.92 Å². The van der Waals surface area contributed by atoms with Crippen LogP contribution in [-0.2, 0) is 16.0 Å². The Labute approximate surface area is 109 Å². The van der Waals surface area contributed by atoms with Crippen LogP contribution < -0.4 is 0 Å². The highest BCUT2D eigenvalue weighted by molar-refractivity contribution is 5.90. The first-order valence-electron chi connectivity index (χ1n) is 6.74. The number of fused-ring (bicyclic) bond motifs is 1. The summed E-state index contributed by atoms with van der Waals surface area (Å²) in [5.74, 6) is 0.342. The average Bonchev–Trinajstić information content (AvgIpc) is 2.78. The Morgan fingerprint density at radius 2 is 2.33 bits per heavy atom. The molecule has 1 aromatic rings. The van der Waals surface area contributed by atoms with E-state index >= 15 is 0 Å². The Morgan fingerprint density at radius 3 is 3.00 bits per heavy atom. The first-order chi connectivity index (χ1) is 8.65. The minimum absolute atomic E-state index is 0.0693. The minimum Gasteiger partial charge on any atom is -0.370 e. The van der Waals surface area contributed by atoms with E-state index in [1.807, 2.05) is 26.8 Å². The molecule has 1 aliphatic carbocycles. The first kappa shape index (κ1) is 13.2. The number of carbonyl (C=O) groups is 1. The summed E-state index contributed by atoms with van der Waals surface area (Å²) in [6, 6.07) is 4.01. The standard InChI is InChI=1S/C15H21NO2/c1-4-18-15(10(2)3)14(17)12-8-7-11-6-5-9-16-13(11)12/h5-6,9-10,12,15H,4,7-8H2,1-3H3. The van der Waals surface area contributed by atoms with Crippen LogP contribution in [0.3, 0.4) is 0 Å². The van der Waals surface area contributed by atoms with Gasteiger partial charge in [0.1, 0.15) is 6.10 Å². The van der Waals surface area contributed by atoms with E-state index in [0.717, 1.165) is 18.5 Å². The molecule has 1 heterocycles. The number of rotatable bonds is 5. The van der Waals surface area contributed by atoms with Gasteiger partial charge >= 0.3 is 0 Å². The van der Waals surface area contributed by atoms with Crippen molar-refractivity contribution < 1.29 is 9.53 Å². The van der Waals surface area contributed by atoms with Gasteiger partial charge in [0, 0.05) is 12.8 Å². The summed E-state index contributed by atoms with van der Waals surface area (Å²) in [6.07, 6.45) is 3.31. The second kappa shape index (κ2) is 5.61. The van der Waals surface area contributed by atoms with Gasteiger partial charge in [-0.1, -0.05) is 19.9 Å². The summed E-state index contributed by atoms with van der Waals surface area (Å²) < 4.78 is 5.62. The number of aromatic nitrogens is 1. The van der Waals surface area contributed by atoms with Crippen molar-refractivity contribution in [2.45, 2.75) is 45.6 Å². The number of ether oxygens (including phenoxy) is 1. The van der Waals surface area contributed by atoms with Crippen LogP contribution in [0.1, 0.15) is 44.4 Å². The Morgan fingerprint density at radius 1 is 1.56 bits per heavy atom. The lowest BCUT2D eigenvalue weighted by molar-refractivity contribution is -0.134. The van der Waals surface area contributed by atoms with Gasteiger partial charge in [-0.3, -0.25) is 9.78 Å². The van der Waals surface area contributed by atoms with Gasteiger partial charge in [0.2, 0.25) is 0 Å². The van der Waals surface area contributed by atoms with Gasteiger partial charge in [0.05, 0.1) is 11.6 Å². The van der Waals surface area contributed by atoms with E-state index in [1.165, 1.54) is 5.56 Å². The van der Waals surface area contributed by atoms with Gasteiger partial charge in [0.15, 0.2) is 5.78 Å². The minimum atomic E-state index is -0.298. The Bertz CT molecular complexity index is 428. The highest BCUT2D eigenvalue weighted by Crippen LogP contribution is 2.33. The second-order valence-corrected chi connectivity index (χ2v) is 5.16. The SMILES string of the molecule is CCOC(C(=O)C1CCc2cccnc21)C(C)C. The molecule has 2 unspecified atom stereocenters. The zero-order chi connectivity index (χ0) is 13.1. The lowest BCUT2D eigenvalue weighted by Crippen LogP contribution is -2.33. The molecular weight excluding hydrogens is 226 g/mol. The third-order valence-electron chi connectivity index (χ3n) is 3.53. The van der Waals surface area contributed by atoms with Crippen molar-refractivity contribution in [3.8, 4) is 0 Å². The van der Waals surface area contributed by atoms with E-state index in [0.29, 0.717) is 6.61 Å². The number of hydrogen-bond donors (Lipinski definition) is 0. The zero-order valence-corrected chi connectivity index (χ0v) is 11.3. The van der Waals surface area contributed by atoms with Crippen LogP contribution in [0.15, 0.2) is 18.3 Å². The van der Waals surface area contributed by atoms with Crippen molar-refractivity contribution in [1.29, 1.82) is 0 Å². The molecule has 3 heteroatoms. The molecule has 0 saturated heterocycles. The molecule has 0 bridgehead atoms. The lowest BCUT2D eigenvalue weighted by Gasteiger charge is -2.22. The van der Waals surface area contributed by atoms with E-state index < -0.39 is 0 Å². The topological polar surface area (TPSA) is 39.2 Å². The monoisotopic (exact) mass is 247 g/mol. The summed E-state index contributed by atoms with van der Waals surface area (Å²) in [5.41, 5.74) is 2.18. The van der Waals surface area contributed by atoms with Gasteiger partial charge in [-0.15, -0.1) is 0 Å². The van der Waals surface area contributed by atoms with Gasteiger partial charge < -0.3 is 4.74 Å². The molecule has 18 heavy (non-hydrogen) atoms. The molecule has 0 amide bonds. The second-order valence-electron chi connectivity index (χ2n) is 5.16. The molecule has 1 aliphatic rings. The van der Waals surface area contributed by atoms with E-state index in [1.54, 1.807) is 6.20 Å². The fourth-order valence-electron chi connectivity index (χ4n) is 2.67. The summed E-state index contributed by atoms with van der Waals surface area (Å²) >= 11 is 0. The van der Waals surface area contributed by atoms with Crippen LogP contribution >= 0.6 is 0 Å². The highest BCUT2D eigenvalue weighted by atomic mass is 16.5. The molecule has 2 rings (SSSR count). The summed E-state index contributed by atoms with van der Waals surface area (Å²) in [7, 11) is 0. The molecule has 0 radical (unpaired) electrons. The van der Waals surface area contributed by atoms with Crippen LogP contribution in [0.5, 0.6) is 0 Å². The van der Waals surface area contributed by atoms with E-state index in [4.69, 9.17) is 4.74 Å². The molecule has 3 nitrogen and oxygen atoms in total. The maximum atomic E-state index is 12.6. The smallest absolute Gasteiger partial charge is 0.170 e. The third-order valence-corrected chi connectivity index (χ3v) is 3.53. The number of hydrogen-bond acceptors (Lipinski definition) is 3. The van der Waals surface area contributed by atoms with Crippen molar-refractivity contribution in [3.63, 3.8) is 0 Å². The van der Waals surface area contributed by atoms with Gasteiger partial charge in [-0.05, 0) is 37.3 Å². The molecule has 0 aromatic carbocycles. The summed E-state index contributed by atoms with van der Waals surface area (Å²) in [6.45, 7) is 6.58. The molecule has 98 valence electrons. The largest absolute Gasteiger partial charge is 0.370 e. The van der Waals surface area contributed by atoms with Crippen LogP contribution in [0.2, 0.25) is 0 Å². The Hall–Kier alpha value is -1.22. The van der Waals surface area contributed by atoms with Crippen molar-refractivity contribution >= 4 is 5.78 Å². The zero-order valence-electron chi connectivity index (χ0n) is 11.3. The van der Waals surface area contributed by atoms with Crippen molar-refractivity contribution in [3.05, 3.63) is 29.6 Å². The van der Waals surface area contributed by atoms with Gasteiger partial charge in [-0.25, -0.2) is 0 Å². The van der Waals surface area contributed by atoms with E-state index in [9.17, 15) is 4.79 Å². The van der Waals surface area contributed by atoms with Crippen LogP contribution in [0.4, 0.5) is 0 Å². The fraction of sp³-hybridized carbons (Fsp3) is 0.600. The molecule has 1 aromatic heterocycles. The molecule has 0 spiro atoms. The fourth-order valence-corrected chi connectivity index (χ4v) is 2.67. The van der Waals surface area contributed by atoms with Crippen LogP contribution in [-0.4, -0.2) is 23.5 Å².